The summed E-state index contributed by atoms with van der Waals surface area (Å²) in [6, 6.07) is 3.61. The van der Waals surface area contributed by atoms with Gasteiger partial charge in [-0.25, -0.2) is 13.1 Å². The van der Waals surface area contributed by atoms with Gasteiger partial charge >= 0.3 is 6.18 Å². The van der Waals surface area contributed by atoms with Crippen molar-refractivity contribution in [3.05, 3.63) is 29.3 Å². The minimum Gasteiger partial charge on any atom is -0.313 e. The van der Waals surface area contributed by atoms with Crippen molar-refractivity contribution in [1.82, 2.24) is 10.0 Å². The van der Waals surface area contributed by atoms with Crippen molar-refractivity contribution in [2.45, 2.75) is 30.0 Å². The average molecular weight is 333 g/mol. The molecule has 0 amide bonds. The van der Waals surface area contributed by atoms with E-state index >= 15 is 0 Å². The minimum absolute atomic E-state index is 0.0136. The van der Waals surface area contributed by atoms with Crippen LogP contribution in [0.5, 0.6) is 0 Å². The van der Waals surface area contributed by atoms with Crippen molar-refractivity contribution in [2.24, 2.45) is 0 Å². The second-order valence-electron chi connectivity index (χ2n) is 4.96. The normalized spacial score (nSPS) is 19.1. The van der Waals surface area contributed by atoms with E-state index in [0.717, 1.165) is 31.5 Å². The second kappa shape index (κ2) is 6.24. The van der Waals surface area contributed by atoms with E-state index in [1.54, 1.807) is 0 Å². The largest absolute Gasteiger partial charge is 0.417 e. The Morgan fingerprint density at radius 2 is 2.14 bits per heavy atom. The van der Waals surface area contributed by atoms with Gasteiger partial charge in [-0.2, -0.15) is 18.4 Å². The number of halogens is 3. The van der Waals surface area contributed by atoms with Gasteiger partial charge in [-0.1, -0.05) is 0 Å². The molecule has 9 heteroatoms. The van der Waals surface area contributed by atoms with Gasteiger partial charge in [-0.15, -0.1) is 0 Å². The molecule has 5 nitrogen and oxygen atoms in total. The van der Waals surface area contributed by atoms with Gasteiger partial charge in [0.05, 0.1) is 22.1 Å². The van der Waals surface area contributed by atoms with Crippen LogP contribution in [0.25, 0.3) is 0 Å². The van der Waals surface area contributed by atoms with Crippen LogP contribution in [-0.2, 0) is 16.2 Å². The molecule has 2 N–H and O–H groups in total. The Bertz CT molecular complexity index is 689. The van der Waals surface area contributed by atoms with Crippen molar-refractivity contribution < 1.29 is 21.6 Å². The highest BCUT2D eigenvalue weighted by Crippen LogP contribution is 2.32. The SMILES string of the molecule is N#Cc1cc(S(=O)(=O)NCC2CCCN2)ccc1C(F)(F)F. The molecule has 1 aromatic carbocycles. The maximum absolute atomic E-state index is 12.7. The summed E-state index contributed by atoms with van der Waals surface area (Å²) in [5.74, 6) is 0. The van der Waals surface area contributed by atoms with E-state index in [4.69, 9.17) is 5.26 Å². The summed E-state index contributed by atoms with van der Waals surface area (Å²) in [5, 5.41) is 11.9. The molecule has 2 rings (SSSR count). The van der Waals surface area contributed by atoms with E-state index < -0.39 is 27.3 Å². The van der Waals surface area contributed by atoms with E-state index in [0.29, 0.717) is 6.07 Å². The molecule has 0 bridgehead atoms. The molecular formula is C13H14F3N3O2S. The number of alkyl halides is 3. The number of rotatable bonds is 4. The van der Waals surface area contributed by atoms with Crippen molar-refractivity contribution >= 4 is 10.0 Å². The van der Waals surface area contributed by atoms with Crippen LogP contribution in [0, 0.1) is 11.3 Å². The lowest BCUT2D eigenvalue weighted by molar-refractivity contribution is -0.137. The number of hydrogen-bond acceptors (Lipinski definition) is 4. The molecule has 0 aromatic heterocycles. The number of hydrogen-bond donors (Lipinski definition) is 2. The maximum atomic E-state index is 12.7. The van der Waals surface area contributed by atoms with Gasteiger partial charge in [0.2, 0.25) is 10.0 Å². The first-order chi connectivity index (χ1) is 10.2. The lowest BCUT2D eigenvalue weighted by Crippen LogP contribution is -2.37. The van der Waals surface area contributed by atoms with E-state index in [1.165, 1.54) is 6.07 Å². The molecule has 1 aliphatic heterocycles. The lowest BCUT2D eigenvalue weighted by Gasteiger charge is -2.13. The Hall–Kier alpha value is -1.63. The van der Waals surface area contributed by atoms with E-state index in [-0.39, 0.29) is 17.5 Å². The zero-order chi connectivity index (χ0) is 16.4. The first kappa shape index (κ1) is 16.7. The third-order valence-electron chi connectivity index (χ3n) is 3.41. The molecule has 1 heterocycles. The van der Waals surface area contributed by atoms with Gasteiger partial charge in [-0.3, -0.25) is 0 Å². The fraction of sp³-hybridized carbons (Fsp3) is 0.462. The van der Waals surface area contributed by atoms with Crippen LogP contribution in [0.3, 0.4) is 0 Å². The van der Waals surface area contributed by atoms with Crippen molar-refractivity contribution in [2.75, 3.05) is 13.1 Å². The number of nitrogens with one attached hydrogen (secondary N) is 2. The fourth-order valence-electron chi connectivity index (χ4n) is 2.25. The van der Waals surface area contributed by atoms with Crippen LogP contribution >= 0.6 is 0 Å². The highest BCUT2D eigenvalue weighted by Gasteiger charge is 2.34. The van der Waals surface area contributed by atoms with E-state index in [1.807, 2.05) is 0 Å². The molecule has 0 radical (unpaired) electrons. The zero-order valence-corrected chi connectivity index (χ0v) is 12.3. The van der Waals surface area contributed by atoms with Gasteiger partial charge in [0.15, 0.2) is 0 Å². The van der Waals surface area contributed by atoms with Crippen LogP contribution in [0.4, 0.5) is 13.2 Å². The molecular weight excluding hydrogens is 319 g/mol. The van der Waals surface area contributed by atoms with Crippen LogP contribution in [0.15, 0.2) is 23.1 Å². The highest BCUT2D eigenvalue weighted by atomic mass is 32.2. The van der Waals surface area contributed by atoms with E-state index in [2.05, 4.69) is 10.0 Å². The molecule has 1 fully saturated rings. The summed E-state index contributed by atoms with van der Waals surface area (Å²) in [4.78, 5) is -0.352. The molecule has 1 aliphatic rings. The van der Waals surface area contributed by atoms with Crippen molar-refractivity contribution in [3.63, 3.8) is 0 Å². The number of nitriles is 1. The summed E-state index contributed by atoms with van der Waals surface area (Å²) in [6.07, 6.45) is -2.92. The van der Waals surface area contributed by atoms with Crippen LogP contribution < -0.4 is 10.0 Å². The molecule has 0 saturated carbocycles. The Morgan fingerprint density at radius 1 is 1.41 bits per heavy atom. The third-order valence-corrected chi connectivity index (χ3v) is 4.83. The Kier molecular flexibility index (Phi) is 4.75. The molecule has 1 aromatic rings. The number of nitrogens with zero attached hydrogens (tertiary/aromatic N) is 1. The smallest absolute Gasteiger partial charge is 0.313 e. The quantitative estimate of drug-likeness (QED) is 0.877. The monoisotopic (exact) mass is 333 g/mol. The predicted octanol–water partition coefficient (Wildman–Crippen LogP) is 1.61. The van der Waals surface area contributed by atoms with Crippen molar-refractivity contribution in [3.8, 4) is 6.07 Å². The van der Waals surface area contributed by atoms with Gasteiger partial charge in [0.25, 0.3) is 0 Å². The summed E-state index contributed by atoms with van der Waals surface area (Å²) in [6.45, 7) is 0.969. The molecule has 0 aliphatic carbocycles. The number of sulfonamides is 1. The summed E-state index contributed by atoms with van der Waals surface area (Å²) in [5.41, 5.74) is -1.86. The molecule has 1 unspecified atom stereocenters. The van der Waals surface area contributed by atoms with Crippen molar-refractivity contribution in [1.29, 1.82) is 5.26 Å². The van der Waals surface area contributed by atoms with E-state index in [9.17, 15) is 21.6 Å². The third kappa shape index (κ3) is 3.76. The van der Waals surface area contributed by atoms with Gasteiger partial charge in [0, 0.05) is 12.6 Å². The summed E-state index contributed by atoms with van der Waals surface area (Å²) < 4.78 is 64.6. The zero-order valence-electron chi connectivity index (χ0n) is 11.4. The van der Waals surface area contributed by atoms with Crippen LogP contribution in [0.2, 0.25) is 0 Å². The highest BCUT2D eigenvalue weighted by molar-refractivity contribution is 7.89. The molecule has 1 saturated heterocycles. The maximum Gasteiger partial charge on any atom is 0.417 e. The Labute approximate surface area is 126 Å². The second-order valence-corrected chi connectivity index (χ2v) is 6.73. The standard InChI is InChI=1S/C13H14F3N3O2S/c14-13(15,16)12-4-3-11(6-9(12)7-17)22(20,21)19-8-10-2-1-5-18-10/h3-4,6,10,18-19H,1-2,5,8H2. The molecule has 1 atom stereocenters. The average Bonchev–Trinajstić information content (AvgIpc) is 2.97. The summed E-state index contributed by atoms with van der Waals surface area (Å²) >= 11 is 0. The van der Waals surface area contributed by atoms with Crippen LogP contribution in [0.1, 0.15) is 24.0 Å². The first-order valence-electron chi connectivity index (χ1n) is 6.58. The van der Waals surface area contributed by atoms with Gasteiger partial charge < -0.3 is 5.32 Å². The predicted molar refractivity (Wildman–Crippen MR) is 72.4 cm³/mol. The number of benzene rings is 1. The Morgan fingerprint density at radius 3 is 2.68 bits per heavy atom. The summed E-state index contributed by atoms with van der Waals surface area (Å²) in [7, 11) is -3.95. The molecule has 0 spiro atoms. The fourth-order valence-corrected chi connectivity index (χ4v) is 3.36. The first-order valence-corrected chi connectivity index (χ1v) is 8.07. The lowest BCUT2D eigenvalue weighted by atomic mass is 10.1. The van der Waals surface area contributed by atoms with Crippen LogP contribution in [-0.4, -0.2) is 27.5 Å². The molecule has 22 heavy (non-hydrogen) atoms. The topological polar surface area (TPSA) is 82.0 Å². The van der Waals surface area contributed by atoms with Gasteiger partial charge in [0.1, 0.15) is 0 Å². The Balaban J connectivity index is 2.22. The van der Waals surface area contributed by atoms with Gasteiger partial charge in [-0.05, 0) is 37.6 Å². The minimum atomic E-state index is -4.70. The molecule has 120 valence electrons.